The van der Waals surface area contributed by atoms with Crippen LogP contribution in [0.5, 0.6) is 0 Å². The van der Waals surface area contributed by atoms with Crippen LogP contribution in [0, 0.1) is 11.2 Å². The number of allylic oxidation sites excluding steroid dienone is 1. The van der Waals surface area contributed by atoms with Gasteiger partial charge < -0.3 is 10.6 Å². The summed E-state index contributed by atoms with van der Waals surface area (Å²) in [7, 11) is 0. The Morgan fingerprint density at radius 1 is 1.12 bits per heavy atom. The molecule has 1 aromatic carbocycles. The van der Waals surface area contributed by atoms with Crippen LogP contribution in [0.1, 0.15) is 43.6 Å². The second-order valence-electron chi connectivity index (χ2n) is 7.18. The van der Waals surface area contributed by atoms with Crippen molar-refractivity contribution in [1.29, 1.82) is 5.41 Å². The fraction of sp³-hybridized carbons (Fsp3) is 0.400. The number of amides is 1. The fourth-order valence-electron chi connectivity index (χ4n) is 4.37. The number of nitrogens with one attached hydrogen (secondary N) is 1. The van der Waals surface area contributed by atoms with Gasteiger partial charge in [0.2, 0.25) is 0 Å². The van der Waals surface area contributed by atoms with E-state index in [9.17, 15) is 9.18 Å². The third kappa shape index (κ3) is 2.77. The lowest BCUT2D eigenvalue weighted by atomic mass is 9.84. The predicted molar refractivity (Wildman–Crippen MR) is 94.7 cm³/mol. The smallest absolute Gasteiger partial charge is 0.273 e. The van der Waals surface area contributed by atoms with Crippen LogP contribution in [-0.2, 0) is 4.79 Å². The second-order valence-corrected chi connectivity index (χ2v) is 7.18. The first-order valence-electron chi connectivity index (χ1n) is 8.87. The van der Waals surface area contributed by atoms with Crippen molar-refractivity contribution in [2.45, 2.75) is 50.1 Å². The van der Waals surface area contributed by atoms with Gasteiger partial charge in [0.25, 0.3) is 5.91 Å². The molecule has 1 aromatic rings. The summed E-state index contributed by atoms with van der Waals surface area (Å²) in [6.45, 7) is 0. The van der Waals surface area contributed by atoms with Crippen LogP contribution in [0.4, 0.5) is 4.39 Å². The fourth-order valence-corrected chi connectivity index (χ4v) is 4.37. The number of carbonyl (C=O) groups is 1. The van der Waals surface area contributed by atoms with E-state index in [4.69, 9.17) is 11.1 Å². The van der Waals surface area contributed by atoms with E-state index in [1.807, 2.05) is 17.0 Å². The summed E-state index contributed by atoms with van der Waals surface area (Å²) in [5.41, 5.74) is 8.57. The number of hydrogen-bond donors (Lipinski definition) is 2. The number of fused-ring (bicyclic) bond motifs is 2. The van der Waals surface area contributed by atoms with E-state index in [2.05, 4.69) is 12.2 Å². The van der Waals surface area contributed by atoms with Gasteiger partial charge in [-0.1, -0.05) is 24.3 Å². The molecule has 1 saturated heterocycles. The molecular formula is C20H22FN3O. The Bertz CT molecular complexity index is 765. The van der Waals surface area contributed by atoms with Crippen LogP contribution in [0.25, 0.3) is 0 Å². The largest absolute Gasteiger partial charge is 0.402 e. The van der Waals surface area contributed by atoms with Gasteiger partial charge in [-0.3, -0.25) is 10.2 Å². The molecule has 2 heterocycles. The molecule has 5 heteroatoms. The number of piperidine rings is 1. The van der Waals surface area contributed by atoms with Crippen LogP contribution >= 0.6 is 0 Å². The maximum Gasteiger partial charge on any atom is 0.273 e. The van der Waals surface area contributed by atoms with Gasteiger partial charge in [0.1, 0.15) is 11.5 Å². The molecule has 2 aliphatic heterocycles. The van der Waals surface area contributed by atoms with Crippen molar-refractivity contribution in [3.63, 3.8) is 0 Å². The van der Waals surface area contributed by atoms with Crippen LogP contribution in [0.3, 0.4) is 0 Å². The summed E-state index contributed by atoms with van der Waals surface area (Å²) < 4.78 is 13.2. The normalized spacial score (nSPS) is 27.9. The van der Waals surface area contributed by atoms with E-state index in [0.29, 0.717) is 11.6 Å². The van der Waals surface area contributed by atoms with E-state index in [1.54, 1.807) is 0 Å². The first-order valence-corrected chi connectivity index (χ1v) is 8.87. The molecule has 1 fully saturated rings. The van der Waals surface area contributed by atoms with Gasteiger partial charge in [-0.15, -0.1) is 0 Å². The van der Waals surface area contributed by atoms with Crippen LogP contribution in [0.15, 0.2) is 47.7 Å². The monoisotopic (exact) mass is 339 g/mol. The lowest BCUT2D eigenvalue weighted by Crippen LogP contribution is -2.49. The summed E-state index contributed by atoms with van der Waals surface area (Å²) in [6.07, 6.45) is 8.21. The maximum atomic E-state index is 13.2. The number of benzene rings is 1. The van der Waals surface area contributed by atoms with Crippen LogP contribution in [0.2, 0.25) is 0 Å². The Kier molecular flexibility index (Phi) is 3.94. The maximum absolute atomic E-state index is 13.2. The van der Waals surface area contributed by atoms with E-state index in [1.165, 1.54) is 12.1 Å². The number of nitrogens with two attached hydrogens (primary N) is 1. The molecule has 2 bridgehead atoms. The molecule has 0 aromatic heterocycles. The molecule has 0 spiro atoms. The van der Waals surface area contributed by atoms with Gasteiger partial charge >= 0.3 is 0 Å². The van der Waals surface area contributed by atoms with E-state index in [-0.39, 0.29) is 29.5 Å². The highest BCUT2D eigenvalue weighted by Gasteiger charge is 2.42. The highest BCUT2D eigenvalue weighted by molar-refractivity contribution is 6.44. The summed E-state index contributed by atoms with van der Waals surface area (Å²) in [5, 5.41) is 8.31. The summed E-state index contributed by atoms with van der Waals surface area (Å²) in [4.78, 5) is 14.7. The summed E-state index contributed by atoms with van der Waals surface area (Å²) in [6, 6.07) is 6.67. The number of rotatable bonds is 3. The van der Waals surface area contributed by atoms with Gasteiger partial charge in [-0.25, -0.2) is 4.39 Å². The first kappa shape index (κ1) is 16.1. The zero-order chi connectivity index (χ0) is 17.6. The van der Waals surface area contributed by atoms with Gasteiger partial charge in [0, 0.05) is 11.3 Å². The average molecular weight is 339 g/mol. The van der Waals surface area contributed by atoms with Crippen molar-refractivity contribution in [1.82, 2.24) is 4.90 Å². The average Bonchev–Trinajstić information content (AvgIpc) is 3.14. The Morgan fingerprint density at radius 2 is 1.76 bits per heavy atom. The van der Waals surface area contributed by atoms with Crippen molar-refractivity contribution in [3.05, 3.63) is 59.1 Å². The molecule has 1 unspecified atom stereocenters. The van der Waals surface area contributed by atoms with Gasteiger partial charge in [0.15, 0.2) is 0 Å². The van der Waals surface area contributed by atoms with Crippen molar-refractivity contribution >= 4 is 11.6 Å². The van der Waals surface area contributed by atoms with Crippen LogP contribution in [-0.4, -0.2) is 28.6 Å². The van der Waals surface area contributed by atoms with Gasteiger partial charge in [-0.05, 0) is 55.7 Å². The quantitative estimate of drug-likeness (QED) is 0.655. The molecule has 4 rings (SSSR count). The Balaban J connectivity index is 1.51. The molecule has 1 amide bonds. The van der Waals surface area contributed by atoms with Crippen LogP contribution < -0.4 is 5.73 Å². The molecule has 3 N–H and O–H groups in total. The topological polar surface area (TPSA) is 70.2 Å². The third-order valence-corrected chi connectivity index (χ3v) is 5.67. The van der Waals surface area contributed by atoms with Crippen molar-refractivity contribution in [2.24, 2.45) is 5.73 Å². The summed E-state index contributed by atoms with van der Waals surface area (Å²) >= 11 is 0. The van der Waals surface area contributed by atoms with Gasteiger partial charge in [0.05, 0.1) is 12.1 Å². The molecular weight excluding hydrogens is 317 g/mol. The summed E-state index contributed by atoms with van der Waals surface area (Å²) in [5.74, 6) is -0.134. The lowest BCUT2D eigenvalue weighted by molar-refractivity contribution is -0.127. The molecule has 3 aliphatic rings. The van der Waals surface area contributed by atoms with Gasteiger partial charge in [-0.2, -0.15) is 0 Å². The van der Waals surface area contributed by atoms with Crippen molar-refractivity contribution < 1.29 is 9.18 Å². The zero-order valence-electron chi connectivity index (χ0n) is 14.0. The molecule has 25 heavy (non-hydrogen) atoms. The van der Waals surface area contributed by atoms with Crippen molar-refractivity contribution in [2.75, 3.05) is 0 Å². The van der Waals surface area contributed by atoms with E-state index >= 15 is 0 Å². The molecule has 0 radical (unpaired) electrons. The number of halogens is 1. The molecule has 0 saturated carbocycles. The van der Waals surface area contributed by atoms with E-state index < -0.39 is 0 Å². The predicted octanol–water partition coefficient (Wildman–Crippen LogP) is 3.26. The Morgan fingerprint density at radius 3 is 2.32 bits per heavy atom. The minimum Gasteiger partial charge on any atom is -0.402 e. The number of hydrogen-bond acceptors (Lipinski definition) is 3. The standard InChI is InChI=1S/C20H22FN3O/c21-14-6-4-12(5-7-14)13-10-15-8-9-16(11-13)24(15)20(25)19(23)17-2-1-3-18(17)22/h4-9,13,15-16,23H,1-3,10-11,22H2/t13?,15-,16+. The molecule has 130 valence electrons. The van der Waals surface area contributed by atoms with Crippen molar-refractivity contribution in [3.8, 4) is 0 Å². The highest BCUT2D eigenvalue weighted by atomic mass is 19.1. The Labute approximate surface area is 146 Å². The Hall–Kier alpha value is -2.43. The second kappa shape index (κ2) is 6.14. The number of nitrogens with zero attached hydrogens (tertiary/aromatic N) is 1. The minimum absolute atomic E-state index is 0.00452. The molecule has 1 aliphatic carbocycles. The SMILES string of the molecule is N=C(C(=O)N1[C@@H]2C=C[C@H]1CC(c1ccc(F)cc1)C2)C1=C(N)CCC1. The lowest BCUT2D eigenvalue weighted by Gasteiger charge is -2.39. The minimum atomic E-state index is -0.228. The van der Waals surface area contributed by atoms with E-state index in [0.717, 1.165) is 43.2 Å². The first-order chi connectivity index (χ1) is 12.0. The molecule has 4 nitrogen and oxygen atoms in total. The molecule has 3 atom stereocenters. The zero-order valence-corrected chi connectivity index (χ0v) is 14.0. The number of carbonyl (C=O) groups excluding carboxylic acids is 1. The highest BCUT2D eigenvalue weighted by Crippen LogP contribution is 2.40. The third-order valence-electron chi connectivity index (χ3n) is 5.67.